The van der Waals surface area contributed by atoms with Crippen molar-refractivity contribution in [3.05, 3.63) is 83.8 Å². The molecule has 0 spiro atoms. The van der Waals surface area contributed by atoms with Gasteiger partial charge in [-0.1, -0.05) is 62.6 Å². The minimum absolute atomic E-state index is 0.0480. The Kier molecular flexibility index (Phi) is 10.7. The molecular formula is C33H42N2O5. The zero-order chi connectivity index (χ0) is 28.3. The Bertz CT molecular complexity index is 1200. The minimum Gasteiger partial charge on any atom is -0.493 e. The second kappa shape index (κ2) is 14.6. The molecule has 40 heavy (non-hydrogen) atoms. The second-order valence-corrected chi connectivity index (χ2v) is 10.5. The van der Waals surface area contributed by atoms with Gasteiger partial charge < -0.3 is 23.7 Å². The monoisotopic (exact) mass is 546 g/mol. The molecule has 0 bridgehead atoms. The number of nitrogens with zero attached hydrogens (tertiary/aromatic N) is 2. The number of furan rings is 1. The highest BCUT2D eigenvalue weighted by molar-refractivity contribution is 5.89. The summed E-state index contributed by atoms with van der Waals surface area (Å²) in [6.45, 7) is 2.95. The number of carbonyl (C=O) groups is 2. The van der Waals surface area contributed by atoms with E-state index in [0.29, 0.717) is 43.2 Å². The van der Waals surface area contributed by atoms with Gasteiger partial charge in [-0.15, -0.1) is 0 Å². The molecule has 3 aromatic rings. The molecule has 1 aliphatic rings. The molecule has 1 saturated carbocycles. The molecule has 0 aliphatic heterocycles. The summed E-state index contributed by atoms with van der Waals surface area (Å²) in [5.74, 6) is 1.75. The molecule has 214 valence electrons. The van der Waals surface area contributed by atoms with Gasteiger partial charge >= 0.3 is 0 Å². The number of carbonyl (C=O) groups excluding carboxylic acids is 2. The number of benzene rings is 2. The topological polar surface area (TPSA) is 72.2 Å². The van der Waals surface area contributed by atoms with Crippen molar-refractivity contribution in [2.75, 3.05) is 27.3 Å². The van der Waals surface area contributed by atoms with Gasteiger partial charge in [-0.05, 0) is 61.1 Å². The first-order valence-corrected chi connectivity index (χ1v) is 14.4. The standard InChI is InChI=1S/C33H42N2O5/c1-4-29(26-12-7-5-8-13-26)33(37)35(27-14-9-6-10-15-27)24-32(36)34(23-28-16-11-21-40-28)20-19-25-17-18-30(38-2)31(22-25)39-3/h5,7-8,11-13,16-18,21-22,27,29H,4,6,9-10,14-15,19-20,23-24H2,1-3H3. The zero-order valence-electron chi connectivity index (χ0n) is 24.0. The number of hydrogen-bond donors (Lipinski definition) is 0. The molecule has 4 rings (SSSR count). The Balaban J connectivity index is 1.55. The lowest BCUT2D eigenvalue weighted by atomic mass is 9.90. The van der Waals surface area contributed by atoms with E-state index in [1.54, 1.807) is 20.5 Å². The fourth-order valence-corrected chi connectivity index (χ4v) is 5.65. The van der Waals surface area contributed by atoms with Crippen molar-refractivity contribution in [1.29, 1.82) is 0 Å². The molecular weight excluding hydrogens is 504 g/mol. The molecule has 0 N–H and O–H groups in total. The fraction of sp³-hybridized carbons (Fsp3) is 0.455. The van der Waals surface area contributed by atoms with Crippen molar-refractivity contribution in [1.82, 2.24) is 9.80 Å². The Morgan fingerprint density at radius 3 is 2.35 bits per heavy atom. The van der Waals surface area contributed by atoms with Gasteiger partial charge in [-0.2, -0.15) is 0 Å². The van der Waals surface area contributed by atoms with Crippen LogP contribution in [0.25, 0.3) is 0 Å². The van der Waals surface area contributed by atoms with Gasteiger partial charge in [0.05, 0.1) is 32.9 Å². The van der Waals surface area contributed by atoms with Crippen LogP contribution in [0, 0.1) is 0 Å². The summed E-state index contributed by atoms with van der Waals surface area (Å²) >= 11 is 0. The predicted molar refractivity (Wildman–Crippen MR) is 155 cm³/mol. The first-order valence-electron chi connectivity index (χ1n) is 14.4. The number of amides is 2. The molecule has 7 nitrogen and oxygen atoms in total. The first kappa shape index (κ1) is 29.2. The van der Waals surface area contributed by atoms with Gasteiger partial charge in [0.1, 0.15) is 12.3 Å². The van der Waals surface area contributed by atoms with E-state index in [2.05, 4.69) is 0 Å². The number of methoxy groups -OCH3 is 2. The number of rotatable bonds is 13. The largest absolute Gasteiger partial charge is 0.493 e. The maximum Gasteiger partial charge on any atom is 0.242 e. The van der Waals surface area contributed by atoms with Crippen molar-refractivity contribution in [2.45, 2.75) is 70.4 Å². The summed E-state index contributed by atoms with van der Waals surface area (Å²) < 4.78 is 16.4. The maximum absolute atomic E-state index is 14.1. The van der Waals surface area contributed by atoms with Crippen LogP contribution in [0.3, 0.4) is 0 Å². The lowest BCUT2D eigenvalue weighted by Gasteiger charge is -2.37. The van der Waals surface area contributed by atoms with Crippen LogP contribution in [0.2, 0.25) is 0 Å². The van der Waals surface area contributed by atoms with Crippen molar-refractivity contribution >= 4 is 11.8 Å². The average Bonchev–Trinajstić information content (AvgIpc) is 3.52. The third-order valence-corrected chi connectivity index (χ3v) is 7.91. The molecule has 1 fully saturated rings. The lowest BCUT2D eigenvalue weighted by molar-refractivity contribution is -0.144. The molecule has 7 heteroatoms. The average molecular weight is 547 g/mol. The zero-order valence-corrected chi connectivity index (χ0v) is 24.0. The fourth-order valence-electron chi connectivity index (χ4n) is 5.65. The normalized spacial score (nSPS) is 14.4. The van der Waals surface area contributed by atoms with E-state index in [1.807, 2.05) is 77.4 Å². The van der Waals surface area contributed by atoms with E-state index in [1.165, 1.54) is 6.42 Å². The van der Waals surface area contributed by atoms with Crippen LogP contribution in [0.4, 0.5) is 0 Å². The summed E-state index contributed by atoms with van der Waals surface area (Å²) in [7, 11) is 3.23. The lowest BCUT2D eigenvalue weighted by Crippen LogP contribution is -2.49. The van der Waals surface area contributed by atoms with E-state index in [0.717, 1.165) is 36.8 Å². The third-order valence-electron chi connectivity index (χ3n) is 7.91. The van der Waals surface area contributed by atoms with Gasteiger partial charge in [-0.3, -0.25) is 9.59 Å². The highest BCUT2D eigenvalue weighted by Gasteiger charge is 2.33. The van der Waals surface area contributed by atoms with Crippen molar-refractivity contribution < 1.29 is 23.5 Å². The van der Waals surface area contributed by atoms with E-state index < -0.39 is 0 Å². The van der Waals surface area contributed by atoms with Crippen LogP contribution >= 0.6 is 0 Å². The van der Waals surface area contributed by atoms with Gasteiger partial charge in [0.15, 0.2) is 11.5 Å². The molecule has 1 aliphatic carbocycles. The molecule has 0 saturated heterocycles. The van der Waals surface area contributed by atoms with Gasteiger partial charge in [0.2, 0.25) is 11.8 Å². The van der Waals surface area contributed by atoms with Crippen LogP contribution in [0.5, 0.6) is 11.5 Å². The molecule has 0 radical (unpaired) electrons. The third kappa shape index (κ3) is 7.46. The number of ether oxygens (including phenoxy) is 2. The Labute approximate surface area is 238 Å². The van der Waals surface area contributed by atoms with Gasteiger partial charge in [-0.25, -0.2) is 0 Å². The summed E-state index contributed by atoms with van der Waals surface area (Å²) in [5.41, 5.74) is 2.04. The van der Waals surface area contributed by atoms with Crippen molar-refractivity contribution in [3.8, 4) is 11.5 Å². The van der Waals surface area contributed by atoms with Crippen LogP contribution in [-0.4, -0.2) is 55.0 Å². The summed E-state index contributed by atoms with van der Waals surface area (Å²) in [4.78, 5) is 31.7. The van der Waals surface area contributed by atoms with Gasteiger partial charge in [0.25, 0.3) is 0 Å². The van der Waals surface area contributed by atoms with E-state index in [-0.39, 0.29) is 30.3 Å². The summed E-state index contributed by atoms with van der Waals surface area (Å²) in [6.07, 6.45) is 8.16. The number of hydrogen-bond acceptors (Lipinski definition) is 5. The van der Waals surface area contributed by atoms with Crippen molar-refractivity contribution in [2.24, 2.45) is 0 Å². The van der Waals surface area contributed by atoms with E-state index >= 15 is 0 Å². The van der Waals surface area contributed by atoms with Crippen LogP contribution < -0.4 is 9.47 Å². The van der Waals surface area contributed by atoms with Crippen molar-refractivity contribution in [3.63, 3.8) is 0 Å². The van der Waals surface area contributed by atoms with Crippen LogP contribution in [0.1, 0.15) is 68.3 Å². The van der Waals surface area contributed by atoms with Crippen LogP contribution in [-0.2, 0) is 22.6 Å². The Morgan fingerprint density at radius 1 is 0.950 bits per heavy atom. The Hall–Kier alpha value is -3.74. The molecule has 1 atom stereocenters. The first-order chi connectivity index (χ1) is 19.5. The summed E-state index contributed by atoms with van der Waals surface area (Å²) in [5, 5.41) is 0. The highest BCUT2D eigenvalue weighted by Crippen LogP contribution is 2.30. The quantitative estimate of drug-likeness (QED) is 0.254. The van der Waals surface area contributed by atoms with Crippen LogP contribution in [0.15, 0.2) is 71.3 Å². The van der Waals surface area contributed by atoms with E-state index in [4.69, 9.17) is 13.9 Å². The minimum atomic E-state index is -0.263. The molecule has 2 aromatic carbocycles. The van der Waals surface area contributed by atoms with E-state index in [9.17, 15) is 9.59 Å². The molecule has 1 unspecified atom stereocenters. The maximum atomic E-state index is 14.1. The second-order valence-electron chi connectivity index (χ2n) is 10.5. The smallest absolute Gasteiger partial charge is 0.242 e. The summed E-state index contributed by atoms with van der Waals surface area (Å²) in [6, 6.07) is 19.5. The molecule has 1 heterocycles. The molecule has 1 aromatic heterocycles. The highest BCUT2D eigenvalue weighted by atomic mass is 16.5. The SMILES string of the molecule is CCC(C(=O)N(CC(=O)N(CCc1ccc(OC)c(OC)c1)Cc1ccco1)C1CCCCC1)c1ccccc1. The Morgan fingerprint density at radius 2 is 1.70 bits per heavy atom. The van der Waals surface area contributed by atoms with Gasteiger partial charge in [0, 0.05) is 12.6 Å². The molecule has 2 amide bonds. The predicted octanol–water partition coefficient (Wildman–Crippen LogP) is 6.22.